The fourth-order valence-corrected chi connectivity index (χ4v) is 14.5. The molecule has 0 amide bonds. The Morgan fingerprint density at radius 2 is 0.532 bits per heavy atom. The van der Waals surface area contributed by atoms with E-state index in [9.17, 15) is 0 Å². The van der Waals surface area contributed by atoms with Gasteiger partial charge in [-0.3, -0.25) is 0 Å². The van der Waals surface area contributed by atoms with Crippen molar-refractivity contribution in [1.29, 1.82) is 0 Å². The molecule has 1 aromatic heterocycles. The molecular formula is C78H50S. The van der Waals surface area contributed by atoms with Crippen molar-refractivity contribution in [1.82, 2.24) is 0 Å². The molecule has 0 nitrogen and oxygen atoms in total. The SMILES string of the molecule is C1=CC(c2cc(-c3ccccc3)c3ccc4c(-c5ccccc5)cc(-c5sc(-c6cc(-c7ccccc7)c7ccc8c(-c9ccccc9)cc(-c9ccccc9)c9ccc6c7c89)cc5-c5ccccc5)c5ccc2c3c45)=CCC1. The Kier molecular flexibility index (Phi) is 10.7. The van der Waals surface area contributed by atoms with Crippen LogP contribution in [0.25, 0.3) is 158 Å². The topological polar surface area (TPSA) is 0 Å². The zero-order valence-corrected chi connectivity index (χ0v) is 44.2. The standard InChI is InChI=1S/C78H50S/c1-8-22-49(23-9-1)64-44-66(51-26-12-3-13-27-51)58-40-42-62-71(46-68(53-30-16-5-17-31-53)60-38-36-56(64)74(58)76(60)62)73-48-70(55-34-20-7-21-35-55)78(79-73)72-47-69(54-32-18-6-19-33-54)61-39-37-57-65(50-24-10-2-11-25-50)45-67(52-28-14-4-15-29-52)59-41-43-63(72)77(61)75(57)59/h1-3,5-14,16-48H,4,15H2. The minimum Gasteiger partial charge on any atom is -0.135 e. The molecule has 14 aromatic carbocycles. The molecule has 0 N–H and O–H groups in total. The summed E-state index contributed by atoms with van der Waals surface area (Å²) >= 11 is 1.94. The van der Waals surface area contributed by atoms with E-state index in [1.54, 1.807) is 0 Å². The van der Waals surface area contributed by atoms with Gasteiger partial charge in [-0.2, -0.15) is 0 Å². The number of hydrogen-bond donors (Lipinski definition) is 0. The van der Waals surface area contributed by atoms with Crippen molar-refractivity contribution in [3.05, 3.63) is 285 Å². The quantitative estimate of drug-likeness (QED) is 0.126. The summed E-state index contributed by atoms with van der Waals surface area (Å²) in [6.45, 7) is 0. The molecule has 0 saturated carbocycles. The van der Waals surface area contributed by atoms with Crippen LogP contribution in [0.3, 0.4) is 0 Å². The van der Waals surface area contributed by atoms with Crippen LogP contribution in [-0.2, 0) is 0 Å². The van der Waals surface area contributed by atoms with Gasteiger partial charge < -0.3 is 0 Å². The molecule has 16 rings (SSSR count). The third-order valence-corrected chi connectivity index (χ3v) is 18.1. The van der Waals surface area contributed by atoms with Gasteiger partial charge in [0.2, 0.25) is 0 Å². The van der Waals surface area contributed by atoms with Crippen molar-refractivity contribution >= 4 is 81.5 Å². The first-order valence-corrected chi connectivity index (χ1v) is 28.4. The van der Waals surface area contributed by atoms with E-state index in [1.807, 2.05) is 11.3 Å². The lowest BCUT2D eigenvalue weighted by molar-refractivity contribution is 1.04. The lowest BCUT2D eigenvalue weighted by Crippen LogP contribution is -1.96. The molecule has 79 heavy (non-hydrogen) atoms. The molecule has 0 radical (unpaired) electrons. The van der Waals surface area contributed by atoms with E-state index in [1.165, 1.54) is 163 Å². The molecule has 0 spiro atoms. The third-order valence-electron chi connectivity index (χ3n) is 16.9. The molecule has 0 unspecified atom stereocenters. The molecule has 15 aromatic rings. The largest absolute Gasteiger partial charge is 0.135 e. The molecule has 1 aliphatic rings. The minimum atomic E-state index is 1.04. The average Bonchev–Trinajstić information content (AvgIpc) is 4.16. The van der Waals surface area contributed by atoms with Gasteiger partial charge in [-0.15, -0.1) is 11.3 Å². The van der Waals surface area contributed by atoms with E-state index < -0.39 is 0 Å². The molecule has 0 bridgehead atoms. The maximum atomic E-state index is 2.51. The zero-order valence-electron chi connectivity index (χ0n) is 43.4. The summed E-state index contributed by atoms with van der Waals surface area (Å²) in [4.78, 5) is 2.51. The summed E-state index contributed by atoms with van der Waals surface area (Å²) in [6, 6.07) is 97.9. The van der Waals surface area contributed by atoms with Crippen molar-refractivity contribution in [2.45, 2.75) is 12.8 Å². The first kappa shape index (κ1) is 45.5. The summed E-state index contributed by atoms with van der Waals surface area (Å²) in [5, 5.41) is 15.4. The second-order valence-electron chi connectivity index (χ2n) is 21.2. The normalized spacial score (nSPS) is 12.7. The summed E-state index contributed by atoms with van der Waals surface area (Å²) in [5.74, 6) is 0. The Bertz CT molecular complexity index is 4820. The molecule has 0 fully saturated rings. The number of thiophene rings is 1. The number of hydrogen-bond acceptors (Lipinski definition) is 1. The van der Waals surface area contributed by atoms with Crippen molar-refractivity contribution in [2.75, 3.05) is 0 Å². The van der Waals surface area contributed by atoms with Crippen LogP contribution >= 0.6 is 11.3 Å². The summed E-state index contributed by atoms with van der Waals surface area (Å²) in [7, 11) is 0. The Hall–Kier alpha value is -9.66. The third kappa shape index (κ3) is 7.35. The first-order valence-electron chi connectivity index (χ1n) is 27.6. The summed E-state index contributed by atoms with van der Waals surface area (Å²) in [6.07, 6.45) is 9.24. The van der Waals surface area contributed by atoms with E-state index >= 15 is 0 Å². The van der Waals surface area contributed by atoms with Crippen LogP contribution in [0, 0.1) is 0 Å². The van der Waals surface area contributed by atoms with Crippen LogP contribution in [0.1, 0.15) is 18.4 Å². The highest BCUT2D eigenvalue weighted by Crippen LogP contribution is 2.55. The minimum absolute atomic E-state index is 1.04. The molecule has 0 atom stereocenters. The van der Waals surface area contributed by atoms with Crippen LogP contribution < -0.4 is 0 Å². The Morgan fingerprint density at radius 3 is 0.886 bits per heavy atom. The van der Waals surface area contributed by atoms with Gasteiger partial charge >= 0.3 is 0 Å². The van der Waals surface area contributed by atoms with Crippen molar-refractivity contribution in [2.24, 2.45) is 0 Å². The first-order chi connectivity index (χ1) is 39.2. The number of allylic oxidation sites excluding steroid dienone is 4. The monoisotopic (exact) mass is 1020 g/mol. The van der Waals surface area contributed by atoms with E-state index in [2.05, 4.69) is 279 Å². The predicted molar refractivity (Wildman–Crippen MR) is 342 cm³/mol. The highest BCUT2D eigenvalue weighted by atomic mass is 32.1. The second-order valence-corrected chi connectivity index (χ2v) is 22.3. The average molecular weight is 1020 g/mol. The maximum absolute atomic E-state index is 2.51. The summed E-state index contributed by atoms with van der Waals surface area (Å²) in [5.41, 5.74) is 19.9. The molecular weight excluding hydrogens is 969 g/mol. The van der Waals surface area contributed by atoms with Gasteiger partial charge in [0.25, 0.3) is 0 Å². The van der Waals surface area contributed by atoms with Crippen molar-refractivity contribution < 1.29 is 0 Å². The van der Waals surface area contributed by atoms with Crippen molar-refractivity contribution in [3.8, 4) is 87.6 Å². The van der Waals surface area contributed by atoms with Crippen LogP contribution in [0.2, 0.25) is 0 Å². The van der Waals surface area contributed by atoms with Crippen LogP contribution in [0.5, 0.6) is 0 Å². The highest BCUT2D eigenvalue weighted by Gasteiger charge is 2.26. The Morgan fingerprint density at radius 1 is 0.241 bits per heavy atom. The van der Waals surface area contributed by atoms with Crippen molar-refractivity contribution in [3.63, 3.8) is 0 Å². The summed E-state index contributed by atoms with van der Waals surface area (Å²) < 4.78 is 0. The van der Waals surface area contributed by atoms with E-state index in [0.29, 0.717) is 0 Å². The van der Waals surface area contributed by atoms with Gasteiger partial charge in [-0.1, -0.05) is 249 Å². The van der Waals surface area contributed by atoms with Gasteiger partial charge in [0.05, 0.1) is 0 Å². The number of rotatable bonds is 9. The van der Waals surface area contributed by atoms with Gasteiger partial charge in [-0.25, -0.2) is 0 Å². The molecule has 1 heterocycles. The van der Waals surface area contributed by atoms with Gasteiger partial charge in [0.1, 0.15) is 0 Å². The van der Waals surface area contributed by atoms with Crippen LogP contribution in [-0.4, -0.2) is 0 Å². The second kappa shape index (κ2) is 18.5. The molecule has 0 saturated heterocycles. The number of benzene rings is 14. The van der Waals surface area contributed by atoms with E-state index in [4.69, 9.17) is 0 Å². The lowest BCUT2D eigenvalue weighted by atomic mass is 9.81. The van der Waals surface area contributed by atoms with Gasteiger partial charge in [0, 0.05) is 26.4 Å². The molecule has 368 valence electrons. The van der Waals surface area contributed by atoms with Gasteiger partial charge in [0.15, 0.2) is 0 Å². The van der Waals surface area contributed by atoms with Gasteiger partial charge in [-0.05, 0) is 180 Å². The molecule has 0 aliphatic heterocycles. The zero-order chi connectivity index (χ0) is 52.0. The fourth-order valence-electron chi connectivity index (χ4n) is 13.3. The molecule has 1 aliphatic carbocycles. The lowest BCUT2D eigenvalue weighted by Gasteiger charge is -2.22. The Labute approximate surface area is 463 Å². The smallest absolute Gasteiger partial charge is 0.0434 e. The highest BCUT2D eigenvalue weighted by molar-refractivity contribution is 7.19. The van der Waals surface area contributed by atoms with Crippen LogP contribution in [0.4, 0.5) is 0 Å². The predicted octanol–water partition coefficient (Wildman–Crippen LogP) is 22.6. The van der Waals surface area contributed by atoms with E-state index in [-0.39, 0.29) is 0 Å². The Balaban J connectivity index is 1.02. The maximum Gasteiger partial charge on any atom is 0.0434 e. The molecule has 1 heteroatoms. The fraction of sp³-hybridized carbons (Fsp3) is 0.0256. The van der Waals surface area contributed by atoms with Crippen LogP contribution in [0.15, 0.2) is 279 Å². The van der Waals surface area contributed by atoms with E-state index in [0.717, 1.165) is 12.8 Å².